The number of piperidine rings is 1. The maximum Gasteiger partial charge on any atom is 0.191 e. The molecule has 2 aliphatic rings. The molecular formula is C18H36N4S. The fourth-order valence-corrected chi connectivity index (χ4v) is 4.48. The molecule has 1 aliphatic heterocycles. The Morgan fingerprint density at radius 1 is 1.26 bits per heavy atom. The Kier molecular flexibility index (Phi) is 8.59. The Morgan fingerprint density at radius 3 is 2.70 bits per heavy atom. The first kappa shape index (κ1) is 18.9. The van der Waals surface area contributed by atoms with Gasteiger partial charge in [-0.05, 0) is 64.3 Å². The van der Waals surface area contributed by atoms with Gasteiger partial charge in [0.15, 0.2) is 5.96 Å². The number of likely N-dealkylation sites (tertiary alicyclic amines) is 1. The molecule has 3 unspecified atom stereocenters. The third-order valence-electron chi connectivity index (χ3n) is 4.98. The van der Waals surface area contributed by atoms with Crippen molar-refractivity contribution in [2.45, 2.75) is 63.7 Å². The molecule has 1 saturated carbocycles. The second-order valence-electron chi connectivity index (χ2n) is 7.20. The standard InChI is InChI=1S/C18H36N4S/c1-4-19-18(21-16-8-9-17(12-16)23-3)20-13-15(2)14-22-10-6-5-7-11-22/h15-17H,4-14H2,1-3H3,(H2,19,20,21). The lowest BCUT2D eigenvalue weighted by atomic mass is 10.1. The van der Waals surface area contributed by atoms with Crippen LogP contribution >= 0.6 is 11.8 Å². The number of hydrogen-bond donors (Lipinski definition) is 2. The molecule has 0 aromatic carbocycles. The number of rotatable bonds is 7. The number of nitrogens with zero attached hydrogens (tertiary/aromatic N) is 2. The molecule has 2 fully saturated rings. The Labute approximate surface area is 147 Å². The van der Waals surface area contributed by atoms with Crippen LogP contribution in [0.4, 0.5) is 0 Å². The molecule has 4 nitrogen and oxygen atoms in total. The van der Waals surface area contributed by atoms with Gasteiger partial charge in [0.25, 0.3) is 0 Å². The molecule has 134 valence electrons. The van der Waals surface area contributed by atoms with Crippen molar-refractivity contribution in [1.82, 2.24) is 15.5 Å². The Balaban J connectivity index is 1.75. The third-order valence-corrected chi connectivity index (χ3v) is 6.08. The minimum absolute atomic E-state index is 0.600. The van der Waals surface area contributed by atoms with Crippen LogP contribution in [-0.2, 0) is 0 Å². The average molecular weight is 341 g/mol. The van der Waals surface area contributed by atoms with E-state index in [2.05, 4.69) is 35.6 Å². The Hall–Kier alpha value is -0.420. The summed E-state index contributed by atoms with van der Waals surface area (Å²) in [4.78, 5) is 7.47. The summed E-state index contributed by atoms with van der Waals surface area (Å²) in [5.41, 5.74) is 0. The first-order chi connectivity index (χ1) is 11.2. The maximum absolute atomic E-state index is 4.85. The normalized spacial score (nSPS) is 27.9. The fourth-order valence-electron chi connectivity index (χ4n) is 3.69. The van der Waals surface area contributed by atoms with E-state index in [0.717, 1.165) is 24.3 Å². The van der Waals surface area contributed by atoms with Crippen molar-refractivity contribution in [3.05, 3.63) is 0 Å². The second kappa shape index (κ2) is 10.4. The van der Waals surface area contributed by atoms with E-state index < -0.39 is 0 Å². The van der Waals surface area contributed by atoms with Crippen LogP contribution in [0.15, 0.2) is 4.99 Å². The summed E-state index contributed by atoms with van der Waals surface area (Å²) >= 11 is 2.01. The zero-order valence-electron chi connectivity index (χ0n) is 15.3. The summed E-state index contributed by atoms with van der Waals surface area (Å²) in [6.07, 6.45) is 10.3. The predicted molar refractivity (Wildman–Crippen MR) is 104 cm³/mol. The molecule has 2 rings (SSSR count). The van der Waals surface area contributed by atoms with Gasteiger partial charge in [-0.3, -0.25) is 4.99 Å². The maximum atomic E-state index is 4.85. The van der Waals surface area contributed by atoms with Gasteiger partial charge in [-0.15, -0.1) is 0 Å². The molecule has 1 heterocycles. The van der Waals surface area contributed by atoms with Crippen molar-refractivity contribution >= 4 is 17.7 Å². The molecule has 5 heteroatoms. The van der Waals surface area contributed by atoms with Crippen molar-refractivity contribution in [3.63, 3.8) is 0 Å². The first-order valence-electron chi connectivity index (χ1n) is 9.51. The van der Waals surface area contributed by atoms with Gasteiger partial charge in [-0.2, -0.15) is 11.8 Å². The minimum atomic E-state index is 0.600. The monoisotopic (exact) mass is 340 g/mol. The van der Waals surface area contributed by atoms with E-state index in [1.807, 2.05) is 11.8 Å². The van der Waals surface area contributed by atoms with E-state index in [1.54, 1.807) is 0 Å². The van der Waals surface area contributed by atoms with Crippen molar-refractivity contribution < 1.29 is 0 Å². The highest BCUT2D eigenvalue weighted by Crippen LogP contribution is 2.28. The van der Waals surface area contributed by atoms with Crippen LogP contribution in [0.25, 0.3) is 0 Å². The van der Waals surface area contributed by atoms with Crippen LogP contribution < -0.4 is 10.6 Å². The quantitative estimate of drug-likeness (QED) is 0.552. The summed E-state index contributed by atoms with van der Waals surface area (Å²) < 4.78 is 0. The van der Waals surface area contributed by atoms with Crippen LogP contribution in [0.1, 0.15) is 52.4 Å². The average Bonchev–Trinajstić information content (AvgIpc) is 3.01. The van der Waals surface area contributed by atoms with Gasteiger partial charge in [0.05, 0.1) is 0 Å². The van der Waals surface area contributed by atoms with E-state index >= 15 is 0 Å². The van der Waals surface area contributed by atoms with E-state index in [4.69, 9.17) is 4.99 Å². The number of nitrogens with one attached hydrogen (secondary N) is 2. The number of thioether (sulfide) groups is 1. The van der Waals surface area contributed by atoms with Gasteiger partial charge < -0.3 is 15.5 Å². The molecule has 3 atom stereocenters. The molecule has 0 radical (unpaired) electrons. The number of aliphatic imine (C=N–C) groups is 1. The summed E-state index contributed by atoms with van der Waals surface area (Å²) in [6.45, 7) is 10.1. The summed E-state index contributed by atoms with van der Waals surface area (Å²) in [6, 6.07) is 0.600. The largest absolute Gasteiger partial charge is 0.357 e. The van der Waals surface area contributed by atoms with E-state index in [-0.39, 0.29) is 0 Å². The Morgan fingerprint density at radius 2 is 2.04 bits per heavy atom. The zero-order chi connectivity index (χ0) is 16.5. The van der Waals surface area contributed by atoms with Gasteiger partial charge in [0.2, 0.25) is 0 Å². The van der Waals surface area contributed by atoms with Crippen LogP contribution in [0.2, 0.25) is 0 Å². The smallest absolute Gasteiger partial charge is 0.191 e. The SMILES string of the molecule is CCNC(=NCC(C)CN1CCCCC1)NC1CCC(SC)C1. The molecule has 1 saturated heterocycles. The molecular weight excluding hydrogens is 304 g/mol. The van der Waals surface area contributed by atoms with Crippen molar-refractivity contribution in [2.24, 2.45) is 10.9 Å². The predicted octanol–water partition coefficient (Wildman–Crippen LogP) is 2.95. The lowest BCUT2D eigenvalue weighted by molar-refractivity contribution is 0.203. The zero-order valence-corrected chi connectivity index (χ0v) is 16.1. The Bertz CT molecular complexity index is 355. The highest BCUT2D eigenvalue weighted by Gasteiger charge is 2.24. The van der Waals surface area contributed by atoms with E-state index in [1.165, 1.54) is 58.2 Å². The first-order valence-corrected chi connectivity index (χ1v) is 10.8. The van der Waals surface area contributed by atoms with Gasteiger partial charge >= 0.3 is 0 Å². The molecule has 0 bridgehead atoms. The molecule has 23 heavy (non-hydrogen) atoms. The van der Waals surface area contributed by atoms with Crippen molar-refractivity contribution in [3.8, 4) is 0 Å². The molecule has 1 aliphatic carbocycles. The van der Waals surface area contributed by atoms with E-state index in [0.29, 0.717) is 12.0 Å². The molecule has 0 amide bonds. The lowest BCUT2D eigenvalue weighted by Crippen LogP contribution is -2.43. The van der Waals surface area contributed by atoms with Gasteiger partial charge in [0.1, 0.15) is 0 Å². The summed E-state index contributed by atoms with van der Waals surface area (Å²) in [5.74, 6) is 1.65. The summed E-state index contributed by atoms with van der Waals surface area (Å²) in [5, 5.41) is 7.90. The molecule has 0 aromatic heterocycles. The van der Waals surface area contributed by atoms with Crippen molar-refractivity contribution in [1.29, 1.82) is 0 Å². The van der Waals surface area contributed by atoms with Crippen LogP contribution in [0.3, 0.4) is 0 Å². The second-order valence-corrected chi connectivity index (χ2v) is 8.34. The number of hydrogen-bond acceptors (Lipinski definition) is 3. The van der Waals surface area contributed by atoms with Gasteiger partial charge in [0, 0.05) is 30.9 Å². The molecule has 2 N–H and O–H groups in total. The van der Waals surface area contributed by atoms with Crippen molar-refractivity contribution in [2.75, 3.05) is 39.0 Å². The third kappa shape index (κ3) is 6.92. The van der Waals surface area contributed by atoms with E-state index in [9.17, 15) is 0 Å². The fraction of sp³-hybridized carbons (Fsp3) is 0.944. The van der Waals surface area contributed by atoms with Crippen LogP contribution in [0.5, 0.6) is 0 Å². The van der Waals surface area contributed by atoms with Gasteiger partial charge in [-0.1, -0.05) is 13.3 Å². The molecule has 0 spiro atoms. The minimum Gasteiger partial charge on any atom is -0.357 e. The lowest BCUT2D eigenvalue weighted by Gasteiger charge is -2.28. The highest BCUT2D eigenvalue weighted by molar-refractivity contribution is 7.99. The number of guanidine groups is 1. The van der Waals surface area contributed by atoms with Crippen LogP contribution in [0, 0.1) is 5.92 Å². The highest BCUT2D eigenvalue weighted by atomic mass is 32.2. The van der Waals surface area contributed by atoms with Gasteiger partial charge in [-0.25, -0.2) is 0 Å². The topological polar surface area (TPSA) is 39.7 Å². The summed E-state index contributed by atoms with van der Waals surface area (Å²) in [7, 11) is 0. The molecule has 0 aromatic rings. The van der Waals surface area contributed by atoms with Crippen LogP contribution in [-0.4, -0.2) is 61.1 Å².